The Hall–Kier alpha value is -0.680. The van der Waals surface area contributed by atoms with Crippen molar-refractivity contribution in [3.05, 3.63) is 26.0 Å². The van der Waals surface area contributed by atoms with Crippen LogP contribution in [0, 0.1) is 12.8 Å². The molecule has 2 N–H and O–H groups in total. The van der Waals surface area contributed by atoms with Crippen LogP contribution < -0.4 is 0 Å². The summed E-state index contributed by atoms with van der Waals surface area (Å²) in [5, 5.41) is 21.5. The number of aliphatic carboxylic acids is 1. The van der Waals surface area contributed by atoms with Crippen LogP contribution in [0.4, 0.5) is 0 Å². The molecule has 3 rings (SSSR count). The normalized spacial score (nSPS) is 26.1. The number of aliphatic hydroxyl groups is 1. The third-order valence-corrected chi connectivity index (χ3v) is 8.03. The molecule has 124 valence electrons. The maximum atomic E-state index is 12.1. The Morgan fingerprint density at radius 2 is 2.26 bits per heavy atom. The fraction of sp³-hybridized carbons (Fsp3) is 0.462. The van der Waals surface area contributed by atoms with Crippen molar-refractivity contribution in [1.29, 1.82) is 0 Å². The molecule has 3 heterocycles. The number of fused-ring (bicyclic) bond motifs is 1. The molecule has 2 aliphatic heterocycles. The zero-order chi connectivity index (χ0) is 16.9. The molecule has 1 fully saturated rings. The molecule has 0 saturated carbocycles. The Balaban J connectivity index is 1.83. The lowest BCUT2D eigenvalue weighted by Crippen LogP contribution is -2.60. The van der Waals surface area contributed by atoms with Crippen molar-refractivity contribution in [3.63, 3.8) is 0 Å². The topological polar surface area (TPSA) is 90.7 Å². The molecule has 1 unspecified atom stereocenters. The molecular weight excluding hydrogens is 376 g/mol. The lowest BCUT2D eigenvalue weighted by Gasteiger charge is -2.43. The molecule has 0 aliphatic carbocycles. The number of nitrogens with zero attached hydrogens (tertiary/aromatic N) is 2. The molecule has 1 aromatic heterocycles. The number of aryl methyl sites for hydroxylation is 1. The van der Waals surface area contributed by atoms with Crippen molar-refractivity contribution < 1.29 is 19.8 Å². The van der Waals surface area contributed by atoms with Crippen molar-refractivity contribution in [2.24, 2.45) is 5.92 Å². The van der Waals surface area contributed by atoms with Crippen LogP contribution in [0.1, 0.15) is 22.2 Å². The molecule has 1 aromatic rings. The summed E-state index contributed by atoms with van der Waals surface area (Å²) >= 11 is 8.54. The van der Waals surface area contributed by atoms with Gasteiger partial charge in [-0.25, -0.2) is 9.78 Å². The third kappa shape index (κ3) is 2.91. The number of β-lactam (4-membered cyclic amide) rings is 1. The average molecular weight is 391 g/mol. The Kier molecular flexibility index (Phi) is 4.71. The number of thiazole rings is 1. The molecular formula is C13H14N2O4S4. The summed E-state index contributed by atoms with van der Waals surface area (Å²) in [6.07, 6.45) is -0.802. The molecule has 0 spiro atoms. The number of amides is 1. The van der Waals surface area contributed by atoms with E-state index in [1.54, 1.807) is 6.92 Å². The number of carbonyl (C=O) groups excluding carboxylic acids is 1. The summed E-state index contributed by atoms with van der Waals surface area (Å²) in [7, 11) is 0. The van der Waals surface area contributed by atoms with Gasteiger partial charge >= 0.3 is 5.97 Å². The molecule has 1 amide bonds. The Labute approximate surface area is 150 Å². The first-order chi connectivity index (χ1) is 10.8. The van der Waals surface area contributed by atoms with Crippen LogP contribution in [0.5, 0.6) is 0 Å². The summed E-state index contributed by atoms with van der Waals surface area (Å²) < 4.78 is 0.233. The zero-order valence-corrected chi connectivity index (χ0v) is 15.5. The van der Waals surface area contributed by atoms with Gasteiger partial charge in [-0.15, -0.1) is 11.3 Å². The maximum absolute atomic E-state index is 12.1. The summed E-state index contributed by atoms with van der Waals surface area (Å²) in [5.74, 6) is -2.05. The Morgan fingerprint density at radius 1 is 1.57 bits per heavy atom. The second kappa shape index (κ2) is 6.32. The number of carbonyl (C=O) groups is 2. The lowest BCUT2D eigenvalue weighted by atomic mass is 9.92. The summed E-state index contributed by atoms with van der Waals surface area (Å²) in [6, 6.07) is 0. The minimum Gasteiger partial charge on any atom is -0.477 e. The highest BCUT2D eigenvalue weighted by Crippen LogP contribution is 2.56. The van der Waals surface area contributed by atoms with E-state index < -0.39 is 18.0 Å². The van der Waals surface area contributed by atoms with Gasteiger partial charge in [-0.3, -0.25) is 9.69 Å². The fourth-order valence-corrected chi connectivity index (χ4v) is 6.99. The number of hydrogen-bond donors (Lipinski definition) is 3. The zero-order valence-electron chi connectivity index (χ0n) is 12.2. The molecule has 0 bridgehead atoms. The highest BCUT2D eigenvalue weighted by molar-refractivity contribution is 8.26. The second-order valence-corrected chi connectivity index (χ2v) is 9.48. The lowest BCUT2D eigenvalue weighted by molar-refractivity contribution is -0.156. The van der Waals surface area contributed by atoms with Gasteiger partial charge in [0.1, 0.15) is 15.0 Å². The fourth-order valence-electron chi connectivity index (χ4n) is 2.47. The first kappa shape index (κ1) is 17.2. The number of thiol groups is 1. The number of hydrogen-bond acceptors (Lipinski definition) is 8. The van der Waals surface area contributed by atoms with Gasteiger partial charge in [0.05, 0.1) is 16.3 Å². The van der Waals surface area contributed by atoms with E-state index in [0.29, 0.717) is 4.24 Å². The molecule has 4 atom stereocenters. The van der Waals surface area contributed by atoms with Crippen LogP contribution >= 0.6 is 47.5 Å². The maximum Gasteiger partial charge on any atom is 0.354 e. The Morgan fingerprint density at radius 3 is 2.78 bits per heavy atom. The second-order valence-electron chi connectivity index (χ2n) is 5.22. The van der Waals surface area contributed by atoms with E-state index in [-0.39, 0.29) is 21.6 Å². The largest absolute Gasteiger partial charge is 0.477 e. The van der Waals surface area contributed by atoms with Crippen LogP contribution in [0.15, 0.2) is 15.3 Å². The molecule has 23 heavy (non-hydrogen) atoms. The first-order valence-corrected chi connectivity index (χ1v) is 9.89. The average Bonchev–Trinajstić information content (AvgIpc) is 3.00. The van der Waals surface area contributed by atoms with Crippen molar-refractivity contribution in [2.75, 3.05) is 0 Å². The summed E-state index contributed by atoms with van der Waals surface area (Å²) in [5.41, 5.74) is 0.878. The first-order valence-electron chi connectivity index (χ1n) is 6.73. The number of aromatic nitrogens is 1. The summed E-state index contributed by atoms with van der Waals surface area (Å²) in [4.78, 5) is 29.3. The van der Waals surface area contributed by atoms with Crippen LogP contribution in [0.25, 0.3) is 0 Å². The van der Waals surface area contributed by atoms with E-state index >= 15 is 0 Å². The van der Waals surface area contributed by atoms with Gasteiger partial charge in [-0.05, 0) is 13.8 Å². The molecule has 0 aromatic carbocycles. The smallest absolute Gasteiger partial charge is 0.354 e. The van der Waals surface area contributed by atoms with Crippen molar-refractivity contribution in [1.82, 2.24) is 9.88 Å². The van der Waals surface area contributed by atoms with Gasteiger partial charge in [0.15, 0.2) is 5.70 Å². The molecule has 0 radical (unpaired) electrons. The molecule has 1 saturated heterocycles. The van der Waals surface area contributed by atoms with Gasteiger partial charge in [-0.2, -0.15) is 12.6 Å². The predicted molar refractivity (Wildman–Crippen MR) is 94.2 cm³/mol. The van der Waals surface area contributed by atoms with Crippen LogP contribution in [0.2, 0.25) is 0 Å². The number of carboxylic acid groups (broad SMARTS) is 1. The number of carboxylic acids is 1. The van der Waals surface area contributed by atoms with Crippen molar-refractivity contribution >= 4 is 59.4 Å². The van der Waals surface area contributed by atoms with E-state index in [4.69, 9.17) is 0 Å². The predicted octanol–water partition coefficient (Wildman–Crippen LogP) is 2.28. The molecule has 10 heteroatoms. The van der Waals surface area contributed by atoms with Crippen LogP contribution in [0.3, 0.4) is 0 Å². The highest BCUT2D eigenvalue weighted by atomic mass is 32.2. The molecule has 6 nitrogen and oxygen atoms in total. The minimum atomic E-state index is -1.14. The number of thioether (sulfide) groups is 2. The Bertz CT molecular complexity index is 702. The van der Waals surface area contributed by atoms with Crippen LogP contribution in [-0.2, 0) is 9.59 Å². The SMILES string of the molecule is Cc1csc(C(S)SC2=C(C(=O)O)N3C(=O)[C@H]([C@@H](C)O)[C@H]3S2)n1. The van der Waals surface area contributed by atoms with Gasteiger partial charge in [0, 0.05) is 11.1 Å². The van der Waals surface area contributed by atoms with E-state index in [9.17, 15) is 19.8 Å². The third-order valence-electron chi connectivity index (χ3n) is 3.54. The number of rotatable bonds is 5. The van der Waals surface area contributed by atoms with Gasteiger partial charge in [-0.1, -0.05) is 23.5 Å². The van der Waals surface area contributed by atoms with Gasteiger partial charge in [0.25, 0.3) is 0 Å². The van der Waals surface area contributed by atoms with E-state index in [0.717, 1.165) is 10.7 Å². The van der Waals surface area contributed by atoms with Gasteiger partial charge in [0.2, 0.25) is 5.91 Å². The number of aliphatic hydroxyl groups excluding tert-OH is 1. The minimum absolute atomic E-state index is 0.0146. The summed E-state index contributed by atoms with van der Waals surface area (Å²) in [6.45, 7) is 3.43. The van der Waals surface area contributed by atoms with Crippen LogP contribution in [-0.4, -0.2) is 43.5 Å². The van der Waals surface area contributed by atoms with Crippen molar-refractivity contribution in [3.8, 4) is 0 Å². The quantitative estimate of drug-likeness (QED) is 0.404. The van der Waals surface area contributed by atoms with Crippen molar-refractivity contribution in [2.45, 2.75) is 29.9 Å². The monoisotopic (exact) mass is 390 g/mol. The highest BCUT2D eigenvalue weighted by Gasteiger charge is 2.57. The van der Waals surface area contributed by atoms with E-state index in [1.807, 2.05) is 12.3 Å². The molecule has 2 aliphatic rings. The van der Waals surface area contributed by atoms with E-state index in [2.05, 4.69) is 17.6 Å². The standard InChI is InChI=1S/C13H14N2O4S4/c1-4-3-21-8(14-4)12(20)23-13-7(11(18)19)15-9(17)6(5(2)16)10(15)22-13/h3,5-6,10,12,16,20H,1-2H3,(H,18,19)/t5-,6+,10-,12?/m1/s1. The van der Waals surface area contributed by atoms with E-state index in [1.165, 1.54) is 39.8 Å². The van der Waals surface area contributed by atoms with Gasteiger partial charge < -0.3 is 10.2 Å².